The third kappa shape index (κ3) is 3.53. The molecule has 0 radical (unpaired) electrons. The number of hydrogen-bond acceptors (Lipinski definition) is 9. The van der Waals surface area contributed by atoms with Gasteiger partial charge in [0.25, 0.3) is 0 Å². The van der Waals surface area contributed by atoms with Crippen molar-refractivity contribution in [2.45, 2.75) is 24.5 Å². The number of hydrogen-bond donors (Lipinski definition) is 3. The number of nitrogens with two attached hydrogens (primary N) is 1. The lowest BCUT2D eigenvalue weighted by Crippen LogP contribution is -2.34. The van der Waals surface area contributed by atoms with Crippen molar-refractivity contribution in [1.29, 1.82) is 0 Å². The molecule has 12 heteroatoms. The first-order valence-corrected chi connectivity index (χ1v) is 10.6. The van der Waals surface area contributed by atoms with Gasteiger partial charge in [0.1, 0.15) is 42.7 Å². The maximum Gasteiger partial charge on any atom is 0.223 e. The smallest absolute Gasteiger partial charge is 0.223 e. The van der Waals surface area contributed by atoms with Crippen molar-refractivity contribution in [2.24, 2.45) is 0 Å². The minimum absolute atomic E-state index is 0.0826. The predicted octanol–water partition coefficient (Wildman–Crippen LogP) is 2.47. The molecule has 3 aromatic heterocycles. The zero-order chi connectivity index (χ0) is 24.0. The Balaban J connectivity index is 1.39. The Bertz CT molecular complexity index is 1440. The van der Waals surface area contributed by atoms with E-state index in [9.17, 15) is 10.2 Å². The van der Waals surface area contributed by atoms with Crippen molar-refractivity contribution in [1.82, 2.24) is 19.5 Å². The fourth-order valence-corrected chi connectivity index (χ4v) is 4.21. The van der Waals surface area contributed by atoms with Crippen molar-refractivity contribution < 1.29 is 24.4 Å². The highest BCUT2D eigenvalue weighted by molar-refractivity contribution is 6.38. The van der Waals surface area contributed by atoms with E-state index >= 15 is 0 Å². The number of nitrogens with zero attached hydrogens (tertiary/aromatic N) is 5. The number of anilines is 1. The van der Waals surface area contributed by atoms with Gasteiger partial charge in [0.2, 0.25) is 5.69 Å². The molecule has 1 fully saturated rings. The van der Waals surface area contributed by atoms with Gasteiger partial charge in [-0.3, -0.25) is 4.98 Å². The lowest BCUT2D eigenvalue weighted by Gasteiger charge is -2.18. The highest BCUT2D eigenvalue weighted by Gasteiger charge is 2.44. The fraction of sp³-hybridized carbons (Fsp3) is 0.273. The Labute approximate surface area is 198 Å². The standard InChI is InChI=1S/C22H19ClN6O5/c1-25-13-7-26-12-6-15(14(32-2)5-11(12)17(13)23)33-8-16-18(30)19(31)22(34-16)29-4-3-10-20(24)27-9-28-21(10)29/h3-7,9,16,18-19,22,30-31H,8H2,2H3,(H2,24,27,28)/t16-,18-,19-,22-/m1/s1. The first-order chi connectivity index (χ1) is 16.4. The second kappa shape index (κ2) is 8.58. The van der Waals surface area contributed by atoms with Gasteiger partial charge in [-0.2, -0.15) is 0 Å². The summed E-state index contributed by atoms with van der Waals surface area (Å²) in [4.78, 5) is 15.8. The van der Waals surface area contributed by atoms with E-state index in [1.807, 2.05) is 0 Å². The summed E-state index contributed by atoms with van der Waals surface area (Å²) in [5.74, 6) is 1.01. The number of aliphatic hydroxyl groups is 2. The normalized spacial score (nSPS) is 22.2. The van der Waals surface area contributed by atoms with Crippen LogP contribution in [-0.2, 0) is 4.74 Å². The van der Waals surface area contributed by atoms with E-state index in [0.717, 1.165) is 0 Å². The molecular weight excluding hydrogens is 464 g/mol. The van der Waals surface area contributed by atoms with Crippen molar-refractivity contribution >= 4 is 45.0 Å². The Kier molecular flexibility index (Phi) is 5.59. The van der Waals surface area contributed by atoms with E-state index < -0.39 is 24.5 Å². The summed E-state index contributed by atoms with van der Waals surface area (Å²) in [7, 11) is 1.47. The molecule has 1 aliphatic heterocycles. The van der Waals surface area contributed by atoms with Gasteiger partial charge in [0, 0.05) is 23.8 Å². The molecule has 4 N–H and O–H groups in total. The van der Waals surface area contributed by atoms with E-state index in [0.29, 0.717) is 39.3 Å². The summed E-state index contributed by atoms with van der Waals surface area (Å²) >= 11 is 6.30. The Morgan fingerprint density at radius 2 is 2.03 bits per heavy atom. The number of aromatic nitrogens is 4. The molecule has 1 saturated heterocycles. The number of rotatable bonds is 5. The molecule has 174 valence electrons. The SMILES string of the molecule is [C-]#[N+]c1cnc2cc(OC[C@H]3O[C@@H](n4ccc5c(N)ncnc54)[C@H](O)[C@@H]3O)c(OC)cc2c1Cl. The monoisotopic (exact) mass is 482 g/mol. The van der Waals surface area contributed by atoms with Crippen LogP contribution in [0.25, 0.3) is 26.8 Å². The zero-order valence-electron chi connectivity index (χ0n) is 17.8. The highest BCUT2D eigenvalue weighted by atomic mass is 35.5. The molecule has 4 heterocycles. The van der Waals surface area contributed by atoms with Crippen molar-refractivity contribution in [3.05, 3.63) is 53.4 Å². The third-order valence-corrected chi connectivity index (χ3v) is 6.14. The Morgan fingerprint density at radius 3 is 2.79 bits per heavy atom. The second-order valence-electron chi connectivity index (χ2n) is 7.67. The first-order valence-electron chi connectivity index (χ1n) is 10.2. The molecule has 0 bridgehead atoms. The van der Waals surface area contributed by atoms with Gasteiger partial charge in [-0.05, 0) is 12.1 Å². The topological polar surface area (TPSA) is 142 Å². The lowest BCUT2D eigenvalue weighted by molar-refractivity contribution is -0.0473. The van der Waals surface area contributed by atoms with Crippen LogP contribution in [-0.4, -0.2) is 61.8 Å². The highest BCUT2D eigenvalue weighted by Crippen LogP contribution is 2.39. The molecule has 11 nitrogen and oxygen atoms in total. The number of aliphatic hydroxyl groups excluding tert-OH is 2. The van der Waals surface area contributed by atoms with Gasteiger partial charge in [-0.15, -0.1) is 0 Å². The Morgan fingerprint density at radius 1 is 1.21 bits per heavy atom. The van der Waals surface area contributed by atoms with Crippen LogP contribution >= 0.6 is 11.6 Å². The van der Waals surface area contributed by atoms with Crippen LogP contribution in [0.5, 0.6) is 11.5 Å². The molecule has 0 amide bonds. The van der Waals surface area contributed by atoms with Gasteiger partial charge in [-0.25, -0.2) is 14.8 Å². The molecule has 0 saturated carbocycles. The summed E-state index contributed by atoms with van der Waals surface area (Å²) in [5, 5.41) is 22.7. The van der Waals surface area contributed by atoms with Crippen molar-refractivity contribution in [2.75, 3.05) is 19.5 Å². The molecule has 5 rings (SSSR count). The average Bonchev–Trinajstić information content (AvgIpc) is 3.39. The molecule has 0 unspecified atom stereocenters. The van der Waals surface area contributed by atoms with Crippen LogP contribution in [0.1, 0.15) is 6.23 Å². The number of methoxy groups -OCH3 is 1. The summed E-state index contributed by atoms with van der Waals surface area (Å²) in [5.41, 5.74) is 7.10. The van der Waals surface area contributed by atoms with E-state index in [-0.39, 0.29) is 17.3 Å². The fourth-order valence-electron chi connectivity index (χ4n) is 3.97. The molecule has 1 aliphatic rings. The van der Waals surface area contributed by atoms with Crippen LogP contribution in [0, 0.1) is 6.57 Å². The quantitative estimate of drug-likeness (QED) is 0.365. The maximum absolute atomic E-state index is 10.6. The minimum Gasteiger partial charge on any atom is -0.493 e. The Hall–Kier alpha value is -3.69. The maximum atomic E-state index is 10.6. The van der Waals surface area contributed by atoms with Crippen LogP contribution in [0.4, 0.5) is 11.5 Å². The number of ether oxygens (including phenoxy) is 3. The van der Waals surface area contributed by atoms with E-state index in [4.69, 9.17) is 38.1 Å². The summed E-state index contributed by atoms with van der Waals surface area (Å²) < 4.78 is 18.8. The van der Waals surface area contributed by atoms with Gasteiger partial charge < -0.3 is 34.7 Å². The molecule has 34 heavy (non-hydrogen) atoms. The summed E-state index contributed by atoms with van der Waals surface area (Å²) in [6.45, 7) is 7.11. The number of fused-ring (bicyclic) bond motifs is 2. The molecule has 0 spiro atoms. The molecular formula is C22H19ClN6O5. The molecule has 4 atom stereocenters. The lowest BCUT2D eigenvalue weighted by atomic mass is 10.1. The van der Waals surface area contributed by atoms with Crippen molar-refractivity contribution in [3.8, 4) is 11.5 Å². The largest absolute Gasteiger partial charge is 0.493 e. The zero-order valence-corrected chi connectivity index (χ0v) is 18.5. The number of nitrogen functional groups attached to an aromatic ring is 1. The van der Waals surface area contributed by atoms with E-state index in [2.05, 4.69) is 19.8 Å². The number of pyridine rings is 1. The van der Waals surface area contributed by atoms with Crippen LogP contribution < -0.4 is 15.2 Å². The van der Waals surface area contributed by atoms with Gasteiger partial charge in [0.15, 0.2) is 17.7 Å². The molecule has 4 aromatic rings. The predicted molar refractivity (Wildman–Crippen MR) is 123 cm³/mol. The number of halogens is 1. The van der Waals surface area contributed by atoms with Crippen LogP contribution in [0.2, 0.25) is 5.02 Å². The van der Waals surface area contributed by atoms with E-state index in [1.165, 1.54) is 19.6 Å². The molecule has 1 aromatic carbocycles. The summed E-state index contributed by atoms with van der Waals surface area (Å²) in [6, 6.07) is 4.98. The van der Waals surface area contributed by atoms with Crippen LogP contribution in [0.15, 0.2) is 36.9 Å². The van der Waals surface area contributed by atoms with Gasteiger partial charge >= 0.3 is 0 Å². The average molecular weight is 483 g/mol. The van der Waals surface area contributed by atoms with Gasteiger partial charge in [-0.1, -0.05) is 11.6 Å². The molecule has 0 aliphatic carbocycles. The number of benzene rings is 1. The van der Waals surface area contributed by atoms with Crippen LogP contribution in [0.3, 0.4) is 0 Å². The van der Waals surface area contributed by atoms with E-state index in [1.54, 1.807) is 29.0 Å². The van der Waals surface area contributed by atoms with Gasteiger partial charge in [0.05, 0.1) is 29.6 Å². The third-order valence-electron chi connectivity index (χ3n) is 5.74. The minimum atomic E-state index is -1.23. The second-order valence-corrected chi connectivity index (χ2v) is 8.04. The first kappa shape index (κ1) is 22.1. The van der Waals surface area contributed by atoms with Crippen molar-refractivity contribution in [3.63, 3.8) is 0 Å². The summed E-state index contributed by atoms with van der Waals surface area (Å²) in [6.07, 6.45) is 0.169.